The van der Waals surface area contributed by atoms with Crippen LogP contribution in [0.3, 0.4) is 0 Å². The number of fused-ring (bicyclic) bond motifs is 1. The fraction of sp³-hybridized carbons (Fsp3) is 0.375. The van der Waals surface area contributed by atoms with Crippen LogP contribution in [-0.4, -0.2) is 53.5 Å². The average Bonchev–Trinajstić information content (AvgIpc) is 2.94. The first-order chi connectivity index (χ1) is 15.8. The largest absolute Gasteiger partial charge is 0.350 e. The molecule has 1 aliphatic rings. The number of sulfonamides is 1. The van der Waals surface area contributed by atoms with Crippen LogP contribution < -0.4 is 5.32 Å². The minimum Gasteiger partial charge on any atom is -0.350 e. The summed E-state index contributed by atoms with van der Waals surface area (Å²) in [5.41, 5.74) is 0.301. The van der Waals surface area contributed by atoms with Gasteiger partial charge in [0.1, 0.15) is 10.9 Å². The number of hydrogen-bond donors (Lipinski definition) is 1. The fourth-order valence-corrected chi connectivity index (χ4v) is 5.46. The van der Waals surface area contributed by atoms with E-state index >= 15 is 0 Å². The Balaban J connectivity index is 1.81. The highest BCUT2D eigenvalue weighted by atomic mass is 35.5. The van der Waals surface area contributed by atoms with Gasteiger partial charge in [-0.15, -0.1) is 0 Å². The number of carbonyl (C=O) groups is 3. The zero-order chi connectivity index (χ0) is 25.3. The van der Waals surface area contributed by atoms with Crippen molar-refractivity contribution >= 4 is 39.3 Å². The standard InChI is InChI=1S/C24H28ClN3O5S/c1-16(22(30)26-24(2,3)4)27(15-17-8-7-9-18(25)14-17)21(29)12-13-28-23(31)19-10-5-6-11-20(19)34(28,32)33/h5-11,14,16H,12-13,15H2,1-4H3,(H,26,30). The molecule has 0 aliphatic carbocycles. The second-order valence-corrected chi connectivity index (χ2v) is 11.5. The third-order valence-electron chi connectivity index (χ3n) is 5.35. The summed E-state index contributed by atoms with van der Waals surface area (Å²) < 4.78 is 26.3. The van der Waals surface area contributed by atoms with Crippen LogP contribution in [0.15, 0.2) is 53.4 Å². The van der Waals surface area contributed by atoms with Gasteiger partial charge >= 0.3 is 0 Å². The molecule has 1 aliphatic heterocycles. The number of hydrogen-bond acceptors (Lipinski definition) is 5. The highest BCUT2D eigenvalue weighted by Crippen LogP contribution is 2.30. The second kappa shape index (κ2) is 9.76. The van der Waals surface area contributed by atoms with Crippen molar-refractivity contribution in [2.24, 2.45) is 0 Å². The number of nitrogens with zero attached hydrogens (tertiary/aromatic N) is 2. The highest BCUT2D eigenvalue weighted by Gasteiger charge is 2.41. The summed E-state index contributed by atoms with van der Waals surface area (Å²) in [6.07, 6.45) is -0.271. The summed E-state index contributed by atoms with van der Waals surface area (Å²) in [4.78, 5) is 40.1. The molecule has 0 bridgehead atoms. The first kappa shape index (κ1) is 25.7. The number of amides is 3. The lowest BCUT2D eigenvalue weighted by Gasteiger charge is -2.32. The molecule has 1 N–H and O–H groups in total. The van der Waals surface area contributed by atoms with Crippen molar-refractivity contribution in [2.45, 2.75) is 57.1 Å². The highest BCUT2D eigenvalue weighted by molar-refractivity contribution is 7.90. The molecule has 1 unspecified atom stereocenters. The van der Waals surface area contributed by atoms with E-state index in [1.807, 2.05) is 20.8 Å². The van der Waals surface area contributed by atoms with Crippen LogP contribution >= 0.6 is 11.6 Å². The normalized spacial score (nSPS) is 15.6. The van der Waals surface area contributed by atoms with Crippen molar-refractivity contribution in [1.82, 2.24) is 14.5 Å². The lowest BCUT2D eigenvalue weighted by atomic mass is 10.1. The van der Waals surface area contributed by atoms with Crippen molar-refractivity contribution in [3.05, 3.63) is 64.7 Å². The molecule has 2 aromatic rings. The maximum atomic E-state index is 13.3. The predicted octanol–water partition coefficient (Wildman–Crippen LogP) is 3.21. The van der Waals surface area contributed by atoms with Gasteiger partial charge in [0.15, 0.2) is 0 Å². The average molecular weight is 506 g/mol. The van der Waals surface area contributed by atoms with Crippen LogP contribution in [0.2, 0.25) is 5.02 Å². The molecular weight excluding hydrogens is 478 g/mol. The molecule has 0 radical (unpaired) electrons. The summed E-state index contributed by atoms with van der Waals surface area (Å²) >= 11 is 6.08. The van der Waals surface area contributed by atoms with E-state index in [-0.39, 0.29) is 35.9 Å². The summed E-state index contributed by atoms with van der Waals surface area (Å²) in [5, 5.41) is 3.35. The van der Waals surface area contributed by atoms with Gasteiger partial charge in [0, 0.05) is 30.1 Å². The Labute approximate surface area is 204 Å². The zero-order valence-corrected chi connectivity index (χ0v) is 21.1. The van der Waals surface area contributed by atoms with Gasteiger partial charge in [-0.05, 0) is 57.5 Å². The molecule has 34 heavy (non-hydrogen) atoms. The maximum absolute atomic E-state index is 13.3. The molecule has 10 heteroatoms. The molecular formula is C24H28ClN3O5S. The molecule has 0 saturated heterocycles. The Hall–Kier alpha value is -2.91. The van der Waals surface area contributed by atoms with E-state index in [4.69, 9.17) is 11.6 Å². The van der Waals surface area contributed by atoms with Crippen molar-refractivity contribution < 1.29 is 22.8 Å². The van der Waals surface area contributed by atoms with E-state index < -0.39 is 33.4 Å². The first-order valence-corrected chi connectivity index (χ1v) is 12.6. The van der Waals surface area contributed by atoms with Crippen molar-refractivity contribution in [3.63, 3.8) is 0 Å². The molecule has 3 amide bonds. The van der Waals surface area contributed by atoms with Gasteiger partial charge in [0.2, 0.25) is 11.8 Å². The Kier molecular flexibility index (Phi) is 7.38. The molecule has 0 saturated carbocycles. The molecule has 1 atom stereocenters. The topological polar surface area (TPSA) is 104 Å². The van der Waals surface area contributed by atoms with Crippen molar-refractivity contribution in [2.75, 3.05) is 6.54 Å². The van der Waals surface area contributed by atoms with Gasteiger partial charge in [-0.1, -0.05) is 35.9 Å². The van der Waals surface area contributed by atoms with Crippen LogP contribution in [0.4, 0.5) is 0 Å². The van der Waals surface area contributed by atoms with Crippen LogP contribution in [0.25, 0.3) is 0 Å². The van der Waals surface area contributed by atoms with Crippen LogP contribution in [0, 0.1) is 0 Å². The summed E-state index contributed by atoms with van der Waals surface area (Å²) in [6.45, 7) is 6.89. The van der Waals surface area contributed by atoms with Gasteiger partial charge < -0.3 is 10.2 Å². The van der Waals surface area contributed by atoms with E-state index in [1.54, 1.807) is 43.3 Å². The van der Waals surface area contributed by atoms with Crippen LogP contribution in [0.5, 0.6) is 0 Å². The smallest absolute Gasteiger partial charge is 0.269 e. The zero-order valence-electron chi connectivity index (χ0n) is 19.5. The molecule has 0 aromatic heterocycles. The minimum absolute atomic E-state index is 0.0684. The van der Waals surface area contributed by atoms with E-state index in [0.29, 0.717) is 14.9 Å². The molecule has 1 heterocycles. The third-order valence-corrected chi connectivity index (χ3v) is 7.42. The van der Waals surface area contributed by atoms with E-state index in [0.717, 1.165) is 0 Å². The lowest BCUT2D eigenvalue weighted by Crippen LogP contribution is -2.52. The quantitative estimate of drug-likeness (QED) is 0.622. The lowest BCUT2D eigenvalue weighted by molar-refractivity contribution is -0.141. The van der Waals surface area contributed by atoms with Gasteiger partial charge in [0.05, 0.1) is 5.56 Å². The number of rotatable bonds is 7. The van der Waals surface area contributed by atoms with E-state index in [2.05, 4.69) is 5.32 Å². The summed E-state index contributed by atoms with van der Waals surface area (Å²) in [5.74, 6) is -1.47. The molecule has 3 rings (SSSR count). The number of benzene rings is 2. The van der Waals surface area contributed by atoms with Gasteiger partial charge in [0.25, 0.3) is 15.9 Å². The Morgan fingerprint density at radius 3 is 2.41 bits per heavy atom. The summed E-state index contributed by atoms with van der Waals surface area (Å²) in [7, 11) is -4.03. The number of carbonyl (C=O) groups excluding carboxylic acids is 3. The van der Waals surface area contributed by atoms with Gasteiger partial charge in [-0.2, -0.15) is 0 Å². The Morgan fingerprint density at radius 1 is 1.12 bits per heavy atom. The fourth-order valence-electron chi connectivity index (χ4n) is 3.68. The maximum Gasteiger partial charge on any atom is 0.269 e. The first-order valence-electron chi connectivity index (χ1n) is 10.8. The van der Waals surface area contributed by atoms with Gasteiger partial charge in [-0.3, -0.25) is 14.4 Å². The SMILES string of the molecule is CC(C(=O)NC(C)(C)C)N(Cc1cccc(Cl)c1)C(=O)CCN1C(=O)c2ccccc2S1(=O)=O. The molecule has 0 fully saturated rings. The minimum atomic E-state index is -4.03. The molecule has 2 aromatic carbocycles. The molecule has 0 spiro atoms. The van der Waals surface area contributed by atoms with Crippen molar-refractivity contribution in [1.29, 1.82) is 0 Å². The second-order valence-electron chi connectivity index (χ2n) is 9.20. The third kappa shape index (κ3) is 5.59. The van der Waals surface area contributed by atoms with Crippen LogP contribution in [0.1, 0.15) is 50.0 Å². The van der Waals surface area contributed by atoms with Crippen LogP contribution in [-0.2, 0) is 26.2 Å². The predicted molar refractivity (Wildman–Crippen MR) is 129 cm³/mol. The Morgan fingerprint density at radius 2 is 1.79 bits per heavy atom. The molecule has 8 nitrogen and oxygen atoms in total. The van der Waals surface area contributed by atoms with Crippen molar-refractivity contribution in [3.8, 4) is 0 Å². The molecule has 182 valence electrons. The van der Waals surface area contributed by atoms with E-state index in [1.165, 1.54) is 17.0 Å². The summed E-state index contributed by atoms with van der Waals surface area (Å²) in [6, 6.07) is 12.0. The monoisotopic (exact) mass is 505 g/mol. The number of halogens is 1. The Bertz CT molecular complexity index is 1220. The number of nitrogens with one attached hydrogen (secondary N) is 1. The van der Waals surface area contributed by atoms with Gasteiger partial charge in [-0.25, -0.2) is 12.7 Å². The van der Waals surface area contributed by atoms with E-state index in [9.17, 15) is 22.8 Å².